The molecule has 1 atom stereocenters. The fraction of sp³-hybridized carbons (Fsp3) is 0.385. The lowest BCUT2D eigenvalue weighted by molar-refractivity contribution is -0.139. The predicted molar refractivity (Wildman–Crippen MR) is 84.0 cm³/mol. The minimum absolute atomic E-state index is 0.00702. The van der Waals surface area contributed by atoms with Crippen molar-refractivity contribution in [2.45, 2.75) is 12.6 Å². The Bertz CT molecular complexity index is 722. The first-order valence-corrected chi connectivity index (χ1v) is 7.66. The summed E-state index contributed by atoms with van der Waals surface area (Å²) in [6.07, 6.45) is -0.256. The minimum atomic E-state index is -0.256. The number of benzene rings is 1. The highest BCUT2D eigenvalue weighted by Crippen LogP contribution is 2.29. The normalized spacial score (nSPS) is 18.2. The molecule has 1 amide bonds. The number of hydrogen-bond donors (Lipinski definition) is 1. The Morgan fingerprint density at radius 3 is 2.91 bits per heavy atom. The molecule has 2 aromatic rings. The molecule has 2 N–H and O–H groups in total. The Labute approximate surface area is 142 Å². The predicted octanol–water partition coefficient (Wildman–Crippen LogP) is 1.16. The van der Waals surface area contributed by atoms with Gasteiger partial charge in [0.25, 0.3) is 0 Å². The lowest BCUT2D eigenvalue weighted by Crippen LogP contribution is -2.43. The second kappa shape index (κ2) is 6.69. The topological polar surface area (TPSA) is 99.2 Å². The average molecular weight is 357 g/mol. The highest BCUT2D eigenvalue weighted by Gasteiger charge is 2.26. The summed E-state index contributed by atoms with van der Waals surface area (Å²) < 4.78 is 6.99. The van der Waals surface area contributed by atoms with E-state index in [0.717, 1.165) is 5.56 Å². The van der Waals surface area contributed by atoms with Crippen LogP contribution in [0.2, 0.25) is 10.0 Å². The fourth-order valence-corrected chi connectivity index (χ4v) is 2.65. The molecular weight excluding hydrogens is 343 g/mol. The number of carbonyl (C=O) groups is 1. The van der Waals surface area contributed by atoms with Gasteiger partial charge in [-0.15, -0.1) is 0 Å². The second-order valence-electron chi connectivity index (χ2n) is 5.07. The highest BCUT2D eigenvalue weighted by atomic mass is 35.5. The summed E-state index contributed by atoms with van der Waals surface area (Å²) in [5.41, 5.74) is 6.45. The zero-order valence-corrected chi connectivity index (χ0v) is 13.5. The minimum Gasteiger partial charge on any atom is -0.370 e. The van der Waals surface area contributed by atoms with Crippen LogP contribution in [0, 0.1) is 0 Å². The fourth-order valence-electron chi connectivity index (χ4n) is 2.34. The van der Waals surface area contributed by atoms with E-state index in [1.54, 1.807) is 17.0 Å². The van der Waals surface area contributed by atoms with Gasteiger partial charge in [-0.2, -0.15) is 0 Å². The second-order valence-corrected chi connectivity index (χ2v) is 5.88. The van der Waals surface area contributed by atoms with Crippen LogP contribution >= 0.6 is 23.2 Å². The lowest BCUT2D eigenvalue weighted by atomic mass is 10.1. The number of ether oxygens (including phenoxy) is 1. The molecule has 2 heterocycles. The van der Waals surface area contributed by atoms with Gasteiger partial charge in [-0.05, 0) is 28.1 Å². The first-order chi connectivity index (χ1) is 11.0. The van der Waals surface area contributed by atoms with Crippen molar-refractivity contribution in [2.75, 3.05) is 25.4 Å². The highest BCUT2D eigenvalue weighted by molar-refractivity contribution is 6.42. The Morgan fingerprint density at radius 1 is 1.39 bits per heavy atom. The molecular formula is C13H14Cl2N6O2. The maximum atomic E-state index is 12.4. The molecule has 1 aromatic heterocycles. The molecule has 1 saturated heterocycles. The number of carbonyl (C=O) groups excluding carboxylic acids is 1. The third-order valence-electron chi connectivity index (χ3n) is 3.58. The van der Waals surface area contributed by atoms with Gasteiger partial charge in [-0.1, -0.05) is 34.4 Å². The Morgan fingerprint density at radius 2 is 2.22 bits per heavy atom. The van der Waals surface area contributed by atoms with E-state index in [9.17, 15) is 4.79 Å². The van der Waals surface area contributed by atoms with Crippen LogP contribution in [0.5, 0.6) is 0 Å². The number of halogens is 2. The number of nitrogens with zero attached hydrogens (tertiary/aromatic N) is 5. The number of nitrogens with two attached hydrogens (primary N) is 1. The van der Waals surface area contributed by atoms with Crippen LogP contribution in [0.15, 0.2) is 18.2 Å². The van der Waals surface area contributed by atoms with E-state index in [4.69, 9.17) is 33.7 Å². The molecule has 0 radical (unpaired) electrons. The van der Waals surface area contributed by atoms with E-state index < -0.39 is 0 Å². The molecule has 10 heteroatoms. The molecule has 0 aliphatic carbocycles. The third kappa shape index (κ3) is 3.54. The van der Waals surface area contributed by atoms with Gasteiger partial charge in [0.1, 0.15) is 12.6 Å². The standard InChI is InChI=1S/C13H14Cl2N6O2/c14-9-2-1-8(5-10(9)15)11-6-20(3-4-23-11)12(22)7-21-13(16)17-18-19-21/h1-2,5,11H,3-4,6-7H2,(H2,16,17,19)/t11-/m1/s1. The van der Waals surface area contributed by atoms with Crippen LogP contribution in [0.4, 0.5) is 5.95 Å². The first-order valence-electron chi connectivity index (χ1n) is 6.90. The van der Waals surface area contributed by atoms with E-state index in [1.165, 1.54) is 4.68 Å². The zero-order valence-electron chi connectivity index (χ0n) is 12.0. The number of nitrogen functional groups attached to an aromatic ring is 1. The lowest BCUT2D eigenvalue weighted by Gasteiger charge is -2.33. The molecule has 0 spiro atoms. The SMILES string of the molecule is Nc1nnnn1CC(=O)N1CCO[C@@H](c2ccc(Cl)c(Cl)c2)C1. The summed E-state index contributed by atoms with van der Waals surface area (Å²) in [7, 11) is 0. The van der Waals surface area contributed by atoms with Gasteiger partial charge in [0, 0.05) is 6.54 Å². The van der Waals surface area contributed by atoms with Gasteiger partial charge in [0.2, 0.25) is 11.9 Å². The first kappa shape index (κ1) is 16.0. The van der Waals surface area contributed by atoms with E-state index in [1.807, 2.05) is 6.07 Å². The van der Waals surface area contributed by atoms with Gasteiger partial charge in [0.05, 0.1) is 23.2 Å². The van der Waals surface area contributed by atoms with Crippen LogP contribution < -0.4 is 5.73 Å². The van der Waals surface area contributed by atoms with Crippen molar-refractivity contribution in [2.24, 2.45) is 0 Å². The summed E-state index contributed by atoms with van der Waals surface area (Å²) in [5, 5.41) is 11.6. The molecule has 0 bridgehead atoms. The summed E-state index contributed by atoms with van der Waals surface area (Å²) in [5.74, 6) is -0.0231. The van der Waals surface area contributed by atoms with Crippen molar-refractivity contribution >= 4 is 35.1 Å². The molecule has 1 aliphatic rings. The monoisotopic (exact) mass is 356 g/mol. The van der Waals surface area contributed by atoms with E-state index in [0.29, 0.717) is 29.7 Å². The van der Waals surface area contributed by atoms with Crippen LogP contribution in [0.1, 0.15) is 11.7 Å². The summed E-state index contributed by atoms with van der Waals surface area (Å²) >= 11 is 12.0. The smallest absolute Gasteiger partial charge is 0.244 e. The molecule has 0 saturated carbocycles. The van der Waals surface area contributed by atoms with E-state index in [2.05, 4.69) is 15.5 Å². The maximum absolute atomic E-state index is 12.4. The van der Waals surface area contributed by atoms with Crippen LogP contribution in [-0.2, 0) is 16.1 Å². The molecule has 23 heavy (non-hydrogen) atoms. The van der Waals surface area contributed by atoms with Crippen molar-refractivity contribution in [3.63, 3.8) is 0 Å². The van der Waals surface area contributed by atoms with Crippen LogP contribution in [0.3, 0.4) is 0 Å². The number of aromatic nitrogens is 4. The molecule has 122 valence electrons. The molecule has 0 unspecified atom stereocenters. The van der Waals surface area contributed by atoms with Crippen molar-refractivity contribution in [1.29, 1.82) is 0 Å². The average Bonchev–Trinajstić information content (AvgIpc) is 2.95. The third-order valence-corrected chi connectivity index (χ3v) is 4.32. The summed E-state index contributed by atoms with van der Waals surface area (Å²) in [6, 6.07) is 5.30. The number of amides is 1. The van der Waals surface area contributed by atoms with Crippen molar-refractivity contribution in [3.8, 4) is 0 Å². The van der Waals surface area contributed by atoms with Gasteiger partial charge >= 0.3 is 0 Å². The van der Waals surface area contributed by atoms with Crippen LogP contribution in [-0.4, -0.2) is 50.7 Å². The van der Waals surface area contributed by atoms with Crippen molar-refractivity contribution < 1.29 is 9.53 Å². The molecule has 3 rings (SSSR count). The van der Waals surface area contributed by atoms with E-state index in [-0.39, 0.29) is 24.5 Å². The van der Waals surface area contributed by atoms with Crippen molar-refractivity contribution in [1.82, 2.24) is 25.1 Å². The number of rotatable bonds is 3. The molecule has 1 aliphatic heterocycles. The quantitative estimate of drug-likeness (QED) is 0.885. The summed E-state index contributed by atoms with van der Waals surface area (Å²) in [4.78, 5) is 14.1. The maximum Gasteiger partial charge on any atom is 0.244 e. The Kier molecular flexibility index (Phi) is 4.65. The largest absolute Gasteiger partial charge is 0.370 e. The van der Waals surface area contributed by atoms with Crippen molar-refractivity contribution in [3.05, 3.63) is 33.8 Å². The molecule has 1 aromatic carbocycles. The zero-order chi connectivity index (χ0) is 16.4. The van der Waals surface area contributed by atoms with Gasteiger partial charge in [-0.3, -0.25) is 4.79 Å². The molecule has 1 fully saturated rings. The Hall–Kier alpha value is -1.90. The van der Waals surface area contributed by atoms with E-state index >= 15 is 0 Å². The molecule has 8 nitrogen and oxygen atoms in total. The van der Waals surface area contributed by atoms with Gasteiger partial charge in [-0.25, -0.2) is 4.68 Å². The number of morpholine rings is 1. The number of hydrogen-bond acceptors (Lipinski definition) is 6. The number of tetrazole rings is 1. The summed E-state index contributed by atoms with van der Waals surface area (Å²) in [6.45, 7) is 1.34. The Balaban J connectivity index is 1.69. The van der Waals surface area contributed by atoms with Crippen LogP contribution in [0.25, 0.3) is 0 Å². The van der Waals surface area contributed by atoms with Gasteiger partial charge in [0.15, 0.2) is 0 Å². The van der Waals surface area contributed by atoms with Gasteiger partial charge < -0.3 is 15.4 Å². The number of anilines is 1.